The van der Waals surface area contributed by atoms with Gasteiger partial charge in [-0.15, -0.1) is 11.3 Å². The van der Waals surface area contributed by atoms with Crippen molar-refractivity contribution in [1.82, 2.24) is 9.88 Å². The molecule has 1 aliphatic heterocycles. The number of nitrogens with two attached hydrogens (primary N) is 1. The summed E-state index contributed by atoms with van der Waals surface area (Å²) in [4.78, 5) is 16.4. The van der Waals surface area contributed by atoms with Crippen molar-refractivity contribution in [1.29, 1.82) is 0 Å². The van der Waals surface area contributed by atoms with E-state index in [1.165, 1.54) is 11.3 Å². The molecule has 7 nitrogen and oxygen atoms in total. The summed E-state index contributed by atoms with van der Waals surface area (Å²) in [6.45, 7) is 4.58. The summed E-state index contributed by atoms with van der Waals surface area (Å²) in [6.07, 6.45) is 4.19. The SMILES string of the molecule is CCC(=Nc1ccc(Cl)c(Cl)c1)c1cc(OC)c(OCc2csc(C3CCN(C)CC3)n2)cc1N=CN. The topological polar surface area (TPSA) is 85.3 Å². The van der Waals surface area contributed by atoms with E-state index in [0.717, 1.165) is 42.9 Å². The fourth-order valence-corrected chi connectivity index (χ4v) is 5.53. The van der Waals surface area contributed by atoms with Crippen molar-refractivity contribution in [2.24, 2.45) is 15.7 Å². The zero-order chi connectivity index (χ0) is 26.4. The van der Waals surface area contributed by atoms with Gasteiger partial charge in [0.1, 0.15) is 6.61 Å². The number of benzene rings is 2. The van der Waals surface area contributed by atoms with E-state index >= 15 is 0 Å². The van der Waals surface area contributed by atoms with E-state index in [0.29, 0.717) is 51.9 Å². The Hall–Kier alpha value is -2.65. The van der Waals surface area contributed by atoms with Crippen molar-refractivity contribution in [2.45, 2.75) is 38.7 Å². The minimum Gasteiger partial charge on any atom is -0.493 e. The third kappa shape index (κ3) is 6.82. The molecule has 37 heavy (non-hydrogen) atoms. The first-order chi connectivity index (χ1) is 17.9. The van der Waals surface area contributed by atoms with Crippen molar-refractivity contribution in [3.8, 4) is 11.5 Å². The van der Waals surface area contributed by atoms with Crippen LogP contribution in [0.5, 0.6) is 11.5 Å². The summed E-state index contributed by atoms with van der Waals surface area (Å²) in [5.41, 5.74) is 9.50. The Balaban J connectivity index is 1.58. The van der Waals surface area contributed by atoms with Crippen LogP contribution in [0, 0.1) is 0 Å². The van der Waals surface area contributed by atoms with Gasteiger partial charge in [-0.1, -0.05) is 30.1 Å². The maximum atomic E-state index is 6.19. The number of nitrogens with zero attached hydrogens (tertiary/aromatic N) is 4. The second-order valence-corrected chi connectivity index (χ2v) is 10.6. The molecule has 2 heterocycles. The van der Waals surface area contributed by atoms with Gasteiger partial charge in [0.25, 0.3) is 0 Å². The highest BCUT2D eigenvalue weighted by Crippen LogP contribution is 2.38. The lowest BCUT2D eigenvalue weighted by atomic mass is 9.98. The first-order valence-corrected chi connectivity index (χ1v) is 13.8. The molecular weight excluding hydrogens is 529 g/mol. The van der Waals surface area contributed by atoms with Crippen LogP contribution < -0.4 is 15.2 Å². The molecule has 0 atom stereocenters. The number of aliphatic imine (C=N–C) groups is 2. The number of piperidine rings is 1. The first-order valence-electron chi connectivity index (χ1n) is 12.2. The van der Waals surface area contributed by atoms with Crippen LogP contribution in [0.15, 0.2) is 45.7 Å². The van der Waals surface area contributed by atoms with Crippen LogP contribution in [-0.2, 0) is 6.61 Å². The molecule has 1 saturated heterocycles. The van der Waals surface area contributed by atoms with Crippen molar-refractivity contribution < 1.29 is 9.47 Å². The minimum atomic E-state index is 0.336. The molecule has 0 saturated carbocycles. The summed E-state index contributed by atoms with van der Waals surface area (Å²) in [5, 5.41) is 4.19. The number of thiazole rings is 1. The molecule has 10 heteroatoms. The Morgan fingerprint density at radius 1 is 1.19 bits per heavy atom. The van der Waals surface area contributed by atoms with Crippen molar-refractivity contribution >= 4 is 58.0 Å². The van der Waals surface area contributed by atoms with E-state index in [-0.39, 0.29) is 0 Å². The summed E-state index contributed by atoms with van der Waals surface area (Å²) >= 11 is 14.0. The average molecular weight is 561 g/mol. The molecule has 1 fully saturated rings. The van der Waals surface area contributed by atoms with Gasteiger partial charge < -0.3 is 20.1 Å². The summed E-state index contributed by atoms with van der Waals surface area (Å²) < 4.78 is 11.8. The maximum Gasteiger partial charge on any atom is 0.163 e. The monoisotopic (exact) mass is 559 g/mol. The molecule has 1 aliphatic rings. The second kappa shape index (κ2) is 12.7. The zero-order valence-electron chi connectivity index (χ0n) is 21.2. The van der Waals surface area contributed by atoms with Gasteiger partial charge in [0, 0.05) is 22.9 Å². The van der Waals surface area contributed by atoms with Crippen LogP contribution in [0.2, 0.25) is 10.0 Å². The zero-order valence-corrected chi connectivity index (χ0v) is 23.5. The Morgan fingerprint density at radius 2 is 1.97 bits per heavy atom. The fraction of sp³-hybridized carbons (Fsp3) is 0.370. The van der Waals surface area contributed by atoms with Gasteiger partial charge in [-0.3, -0.25) is 4.99 Å². The third-order valence-corrected chi connectivity index (χ3v) is 8.12. The predicted octanol–water partition coefficient (Wildman–Crippen LogP) is 7.00. The predicted molar refractivity (Wildman–Crippen MR) is 154 cm³/mol. The van der Waals surface area contributed by atoms with Crippen LogP contribution in [-0.4, -0.2) is 49.2 Å². The Bertz CT molecular complexity index is 1290. The third-order valence-electron chi connectivity index (χ3n) is 6.32. The van der Waals surface area contributed by atoms with Crippen LogP contribution in [0.4, 0.5) is 11.4 Å². The molecule has 4 rings (SSSR count). The Morgan fingerprint density at radius 3 is 2.65 bits per heavy atom. The molecule has 2 aromatic carbocycles. The van der Waals surface area contributed by atoms with Gasteiger partial charge in [-0.25, -0.2) is 9.98 Å². The molecule has 0 unspecified atom stereocenters. The summed E-state index contributed by atoms with van der Waals surface area (Å²) in [5.74, 6) is 1.66. The first kappa shape index (κ1) is 27.4. The van der Waals surface area contributed by atoms with E-state index in [1.54, 1.807) is 30.6 Å². The molecule has 0 amide bonds. The highest BCUT2D eigenvalue weighted by molar-refractivity contribution is 7.09. The number of ether oxygens (including phenoxy) is 2. The molecular formula is C27H31Cl2N5O2S. The minimum absolute atomic E-state index is 0.336. The van der Waals surface area contributed by atoms with Gasteiger partial charge >= 0.3 is 0 Å². The van der Waals surface area contributed by atoms with E-state index < -0.39 is 0 Å². The molecule has 0 bridgehead atoms. The van der Waals surface area contributed by atoms with Gasteiger partial charge in [-0.05, 0) is 63.7 Å². The standard InChI is InChI=1S/C27H31Cl2N5O2S/c1-4-23(32-18-5-6-21(28)22(29)11-18)20-12-25(35-3)26(13-24(20)31-16-30)36-14-19-15-37-27(33-19)17-7-9-34(2)10-8-17/h5-6,11-13,15-17H,4,7-10,14H2,1-3H3,(H2,30,31). The van der Waals surface area contributed by atoms with Gasteiger partial charge in [-0.2, -0.15) is 0 Å². The van der Waals surface area contributed by atoms with Crippen LogP contribution >= 0.6 is 34.5 Å². The lowest BCUT2D eigenvalue weighted by Gasteiger charge is -2.27. The van der Waals surface area contributed by atoms with E-state index in [2.05, 4.69) is 22.3 Å². The normalized spacial score (nSPS) is 15.4. The Labute approximate surface area is 232 Å². The maximum absolute atomic E-state index is 6.19. The van der Waals surface area contributed by atoms with E-state index in [1.807, 2.05) is 25.1 Å². The average Bonchev–Trinajstić information content (AvgIpc) is 3.38. The molecule has 2 N–H and O–H groups in total. The molecule has 3 aromatic rings. The molecule has 196 valence electrons. The Kier molecular flexibility index (Phi) is 9.43. The largest absolute Gasteiger partial charge is 0.493 e. The molecule has 0 spiro atoms. The number of aromatic nitrogens is 1. The van der Waals surface area contributed by atoms with E-state index in [4.69, 9.17) is 48.4 Å². The quantitative estimate of drug-likeness (QED) is 0.225. The number of rotatable bonds is 9. The van der Waals surface area contributed by atoms with Crippen LogP contribution in [0.1, 0.15) is 48.4 Å². The van der Waals surface area contributed by atoms with Crippen molar-refractivity contribution in [3.05, 3.63) is 62.0 Å². The smallest absolute Gasteiger partial charge is 0.163 e. The lowest BCUT2D eigenvalue weighted by Crippen LogP contribution is -2.29. The number of likely N-dealkylation sites (tertiary alicyclic amines) is 1. The van der Waals surface area contributed by atoms with Crippen LogP contribution in [0.3, 0.4) is 0 Å². The highest BCUT2D eigenvalue weighted by atomic mass is 35.5. The van der Waals surface area contributed by atoms with Crippen molar-refractivity contribution in [2.75, 3.05) is 27.2 Å². The fourth-order valence-electron chi connectivity index (χ4n) is 4.26. The second-order valence-electron chi connectivity index (χ2n) is 8.85. The highest BCUT2D eigenvalue weighted by Gasteiger charge is 2.21. The van der Waals surface area contributed by atoms with Crippen molar-refractivity contribution in [3.63, 3.8) is 0 Å². The number of halogens is 2. The molecule has 0 aliphatic carbocycles. The van der Waals surface area contributed by atoms with Gasteiger partial charge in [0.15, 0.2) is 11.5 Å². The number of methoxy groups -OCH3 is 1. The number of hydrogen-bond donors (Lipinski definition) is 1. The lowest BCUT2D eigenvalue weighted by molar-refractivity contribution is 0.254. The molecule has 1 aromatic heterocycles. The molecule has 0 radical (unpaired) electrons. The van der Waals surface area contributed by atoms with E-state index in [9.17, 15) is 0 Å². The summed E-state index contributed by atoms with van der Waals surface area (Å²) in [7, 11) is 3.78. The summed E-state index contributed by atoms with van der Waals surface area (Å²) in [6, 6.07) is 8.97. The van der Waals surface area contributed by atoms with Gasteiger partial charge in [0.05, 0.1) is 51.3 Å². The van der Waals surface area contributed by atoms with Crippen LogP contribution in [0.25, 0.3) is 0 Å². The number of hydrogen-bond acceptors (Lipinski definition) is 7. The van der Waals surface area contributed by atoms with Gasteiger partial charge in [0.2, 0.25) is 0 Å².